The molecular formula is C25H30ClN5O6S2. The van der Waals surface area contributed by atoms with Crippen molar-refractivity contribution in [3.63, 3.8) is 0 Å². The summed E-state index contributed by atoms with van der Waals surface area (Å²) in [6.07, 6.45) is -0.122. The number of nitrogens with two attached hydrogens (primary N) is 2. The first-order valence-corrected chi connectivity index (χ1v) is 14.9. The van der Waals surface area contributed by atoms with Crippen LogP contribution in [0.3, 0.4) is 0 Å². The second-order valence-corrected chi connectivity index (χ2v) is 13.4. The van der Waals surface area contributed by atoms with Crippen molar-refractivity contribution in [1.29, 1.82) is 5.41 Å². The van der Waals surface area contributed by atoms with Gasteiger partial charge in [0.15, 0.2) is 0 Å². The molecule has 11 nitrogen and oxygen atoms in total. The fourth-order valence-corrected chi connectivity index (χ4v) is 9.30. The van der Waals surface area contributed by atoms with Gasteiger partial charge in [0, 0.05) is 31.7 Å². The maximum absolute atomic E-state index is 14.2. The van der Waals surface area contributed by atoms with Crippen molar-refractivity contribution in [3.8, 4) is 0 Å². The standard InChI is InChI=1S/C25H29N5O6S2.ClH/c26-22(24(31)32)14-16-5-8-20(21(13-16)23(27)28)25(38(35,36)30-11-9-29-10-12-30)37(33,34)19-7-6-17-3-1-2-4-18(17)15-19;/h1-8,13,15,22,25,29H,9-12,14,26H2,(H3,27,28)(H,31,32);1H/t22-,25?;/m0./s1. The zero-order valence-corrected chi connectivity index (χ0v) is 23.2. The monoisotopic (exact) mass is 595 g/mol. The summed E-state index contributed by atoms with van der Waals surface area (Å²) >= 11 is 0. The number of halogens is 1. The lowest BCUT2D eigenvalue weighted by atomic mass is 9.99. The zero-order valence-electron chi connectivity index (χ0n) is 20.8. The van der Waals surface area contributed by atoms with E-state index in [1.807, 2.05) is 12.1 Å². The Hall–Kier alpha value is -3.07. The fraction of sp³-hybridized carbons (Fsp3) is 0.280. The van der Waals surface area contributed by atoms with E-state index in [-0.39, 0.29) is 47.9 Å². The Morgan fingerprint density at radius 2 is 1.64 bits per heavy atom. The first-order chi connectivity index (χ1) is 17.9. The van der Waals surface area contributed by atoms with Crippen LogP contribution in [0.2, 0.25) is 0 Å². The molecule has 0 amide bonds. The number of piperazine rings is 1. The van der Waals surface area contributed by atoms with Crippen molar-refractivity contribution in [1.82, 2.24) is 9.62 Å². The number of nitrogens with zero attached hydrogens (tertiary/aromatic N) is 1. The van der Waals surface area contributed by atoms with E-state index in [2.05, 4.69) is 5.32 Å². The van der Waals surface area contributed by atoms with Gasteiger partial charge in [0.2, 0.25) is 24.4 Å². The summed E-state index contributed by atoms with van der Waals surface area (Å²) in [7, 11) is -9.09. The van der Waals surface area contributed by atoms with E-state index in [4.69, 9.17) is 22.0 Å². The molecule has 0 bridgehead atoms. The SMILES string of the molecule is Cl.N=C(N)c1cc(C[C@H](N)C(=O)O)ccc1C(S(=O)(=O)c1ccc2ccccc2c1)S(=O)(=O)N1CCNCC1. The van der Waals surface area contributed by atoms with Crippen LogP contribution in [0.5, 0.6) is 0 Å². The van der Waals surface area contributed by atoms with E-state index in [9.17, 15) is 21.6 Å². The van der Waals surface area contributed by atoms with Gasteiger partial charge in [-0.2, -0.15) is 4.31 Å². The van der Waals surface area contributed by atoms with E-state index in [1.165, 1.54) is 30.3 Å². The molecule has 0 aromatic heterocycles. The lowest BCUT2D eigenvalue weighted by Crippen LogP contribution is -2.48. The largest absolute Gasteiger partial charge is 0.480 e. The molecule has 1 heterocycles. The van der Waals surface area contributed by atoms with Gasteiger partial charge >= 0.3 is 5.97 Å². The highest BCUT2D eigenvalue weighted by Gasteiger charge is 2.45. The highest BCUT2D eigenvalue weighted by Crippen LogP contribution is 2.39. The van der Waals surface area contributed by atoms with E-state index < -0.39 is 42.3 Å². The van der Waals surface area contributed by atoms with Crippen molar-refractivity contribution in [2.75, 3.05) is 26.2 Å². The minimum atomic E-state index is -4.58. The number of nitrogens with one attached hydrogen (secondary N) is 2. The molecule has 1 saturated heterocycles. The average molecular weight is 596 g/mol. The Balaban J connectivity index is 0.00000420. The molecule has 3 aromatic rings. The molecule has 0 radical (unpaired) electrons. The van der Waals surface area contributed by atoms with E-state index in [0.29, 0.717) is 24.0 Å². The van der Waals surface area contributed by atoms with Gasteiger partial charge < -0.3 is 21.9 Å². The molecule has 0 spiro atoms. The normalized spacial score (nSPS) is 16.2. The van der Waals surface area contributed by atoms with E-state index in [1.54, 1.807) is 18.2 Å². The summed E-state index contributed by atoms with van der Waals surface area (Å²) in [4.78, 5) is 11.0. The molecule has 14 heteroatoms. The Kier molecular flexibility index (Phi) is 9.36. The number of carboxylic acid groups (broad SMARTS) is 1. The summed E-state index contributed by atoms with van der Waals surface area (Å²) in [6.45, 7) is 0.862. The summed E-state index contributed by atoms with van der Waals surface area (Å²) in [5.41, 5.74) is 11.5. The van der Waals surface area contributed by atoms with Crippen LogP contribution in [0.25, 0.3) is 10.8 Å². The number of aliphatic carboxylic acids is 1. The molecule has 39 heavy (non-hydrogen) atoms. The van der Waals surface area contributed by atoms with Crippen LogP contribution in [0.1, 0.15) is 21.3 Å². The Morgan fingerprint density at radius 1 is 1.00 bits per heavy atom. The van der Waals surface area contributed by atoms with Crippen molar-refractivity contribution in [3.05, 3.63) is 77.4 Å². The first kappa shape index (κ1) is 30.5. The third-order valence-electron chi connectivity index (χ3n) is 6.47. The molecule has 4 rings (SSSR count). The molecule has 0 aliphatic carbocycles. The number of carbonyl (C=O) groups is 1. The molecule has 1 aliphatic rings. The number of rotatable bonds is 9. The number of fused-ring (bicyclic) bond motifs is 1. The second kappa shape index (κ2) is 12.0. The van der Waals surface area contributed by atoms with Crippen LogP contribution < -0.4 is 16.8 Å². The smallest absolute Gasteiger partial charge is 0.320 e. The van der Waals surface area contributed by atoms with Crippen molar-refractivity contribution in [2.24, 2.45) is 11.5 Å². The highest BCUT2D eigenvalue weighted by atomic mass is 35.5. The van der Waals surface area contributed by atoms with Crippen LogP contribution in [-0.4, -0.2) is 70.3 Å². The molecule has 0 saturated carbocycles. The molecule has 2 atom stereocenters. The van der Waals surface area contributed by atoms with Gasteiger partial charge in [-0.3, -0.25) is 10.2 Å². The van der Waals surface area contributed by atoms with Crippen LogP contribution in [0.4, 0.5) is 0 Å². The van der Waals surface area contributed by atoms with Crippen molar-refractivity contribution in [2.45, 2.75) is 21.9 Å². The molecule has 1 fully saturated rings. The lowest BCUT2D eigenvalue weighted by molar-refractivity contribution is -0.138. The Labute approximate surface area is 233 Å². The zero-order chi connectivity index (χ0) is 27.7. The number of amidine groups is 1. The summed E-state index contributed by atoms with van der Waals surface area (Å²) < 4.78 is 55.4. The number of hydrogen-bond acceptors (Lipinski definition) is 8. The molecule has 210 valence electrons. The molecule has 3 aromatic carbocycles. The summed E-state index contributed by atoms with van der Waals surface area (Å²) in [6, 6.07) is 14.3. The number of carboxylic acids is 1. The Morgan fingerprint density at radius 3 is 2.26 bits per heavy atom. The van der Waals surface area contributed by atoms with Gasteiger partial charge in [0.1, 0.15) is 11.9 Å². The van der Waals surface area contributed by atoms with Gasteiger partial charge in [-0.1, -0.05) is 42.5 Å². The average Bonchev–Trinajstić information content (AvgIpc) is 2.89. The predicted molar refractivity (Wildman–Crippen MR) is 151 cm³/mol. The summed E-state index contributed by atoms with van der Waals surface area (Å²) in [5, 5.41) is 21.7. The number of hydrogen-bond donors (Lipinski definition) is 5. The topological polar surface area (TPSA) is 197 Å². The quantitative estimate of drug-likeness (QED) is 0.178. The highest BCUT2D eigenvalue weighted by molar-refractivity contribution is 8.07. The first-order valence-electron chi connectivity index (χ1n) is 11.8. The maximum atomic E-state index is 14.2. The summed E-state index contributed by atoms with van der Waals surface area (Å²) in [5.74, 6) is -1.79. The molecular weight excluding hydrogens is 566 g/mol. The number of sulfonamides is 1. The fourth-order valence-electron chi connectivity index (χ4n) is 4.50. The predicted octanol–water partition coefficient (Wildman–Crippen LogP) is 1.21. The lowest BCUT2D eigenvalue weighted by Gasteiger charge is -2.31. The molecule has 1 aliphatic heterocycles. The minimum absolute atomic E-state index is 0. The number of sulfone groups is 1. The van der Waals surface area contributed by atoms with Gasteiger partial charge in [-0.25, -0.2) is 16.8 Å². The number of nitrogen functional groups attached to an aromatic ring is 1. The van der Waals surface area contributed by atoms with Crippen LogP contribution >= 0.6 is 12.4 Å². The minimum Gasteiger partial charge on any atom is -0.480 e. The van der Waals surface area contributed by atoms with Crippen LogP contribution in [-0.2, 0) is 31.1 Å². The number of benzene rings is 3. The Bertz CT molecular complexity index is 1610. The third kappa shape index (κ3) is 6.24. The second-order valence-electron chi connectivity index (χ2n) is 9.06. The van der Waals surface area contributed by atoms with Crippen molar-refractivity contribution < 1.29 is 26.7 Å². The maximum Gasteiger partial charge on any atom is 0.320 e. The van der Waals surface area contributed by atoms with Gasteiger partial charge in [0.05, 0.1) is 4.90 Å². The third-order valence-corrected chi connectivity index (χ3v) is 11.6. The van der Waals surface area contributed by atoms with E-state index in [0.717, 1.165) is 9.69 Å². The van der Waals surface area contributed by atoms with Crippen LogP contribution in [0, 0.1) is 5.41 Å². The van der Waals surface area contributed by atoms with Gasteiger partial charge in [-0.05, 0) is 46.5 Å². The van der Waals surface area contributed by atoms with Crippen LogP contribution in [0.15, 0.2) is 65.6 Å². The van der Waals surface area contributed by atoms with Gasteiger partial charge in [0.25, 0.3) is 0 Å². The molecule has 1 unspecified atom stereocenters. The van der Waals surface area contributed by atoms with E-state index >= 15 is 0 Å². The van der Waals surface area contributed by atoms with Gasteiger partial charge in [-0.15, -0.1) is 12.4 Å². The molecule has 7 N–H and O–H groups in total. The van der Waals surface area contributed by atoms with Crippen molar-refractivity contribution >= 4 is 54.8 Å².